The molecule has 0 bridgehead atoms. The molecule has 0 aliphatic carbocycles. The van der Waals surface area contributed by atoms with Gasteiger partial charge in [0.2, 0.25) is 5.95 Å². The van der Waals surface area contributed by atoms with Crippen molar-refractivity contribution in [3.8, 4) is 11.4 Å². The summed E-state index contributed by atoms with van der Waals surface area (Å²) in [6, 6.07) is 1.76. The van der Waals surface area contributed by atoms with Gasteiger partial charge in [0.05, 0.1) is 5.69 Å². The van der Waals surface area contributed by atoms with Crippen LogP contribution in [0.4, 0.5) is 5.95 Å². The lowest BCUT2D eigenvalue weighted by molar-refractivity contribution is 0.593. The van der Waals surface area contributed by atoms with Crippen molar-refractivity contribution in [2.45, 2.75) is 19.9 Å². The summed E-state index contributed by atoms with van der Waals surface area (Å²) < 4.78 is 1.68. The summed E-state index contributed by atoms with van der Waals surface area (Å²) >= 11 is 0. The molecule has 0 radical (unpaired) electrons. The minimum Gasteiger partial charge on any atom is -0.355 e. The van der Waals surface area contributed by atoms with Crippen LogP contribution in [0.1, 0.15) is 12.0 Å². The zero-order valence-corrected chi connectivity index (χ0v) is 10.1. The van der Waals surface area contributed by atoms with Crippen LogP contribution in [0.15, 0.2) is 23.4 Å². The van der Waals surface area contributed by atoms with Gasteiger partial charge in [-0.15, -0.1) is 0 Å². The molecule has 2 aromatic heterocycles. The predicted molar refractivity (Wildman–Crippen MR) is 67.4 cm³/mol. The summed E-state index contributed by atoms with van der Waals surface area (Å²) in [6.45, 7) is 3.35. The van der Waals surface area contributed by atoms with Crippen molar-refractivity contribution < 1.29 is 0 Å². The summed E-state index contributed by atoms with van der Waals surface area (Å²) in [5.74, 6) is 0.630. The molecule has 1 aliphatic heterocycles. The first kappa shape index (κ1) is 10.9. The van der Waals surface area contributed by atoms with Gasteiger partial charge in [0.25, 0.3) is 5.56 Å². The maximum atomic E-state index is 12.2. The topological polar surface area (TPSA) is 72.7 Å². The van der Waals surface area contributed by atoms with E-state index in [1.54, 1.807) is 23.8 Å². The lowest BCUT2D eigenvalue weighted by atomic mass is 10.2. The van der Waals surface area contributed by atoms with Gasteiger partial charge in [-0.2, -0.15) is 0 Å². The van der Waals surface area contributed by atoms with Crippen LogP contribution < -0.4 is 10.9 Å². The van der Waals surface area contributed by atoms with E-state index in [2.05, 4.69) is 20.3 Å². The van der Waals surface area contributed by atoms with Crippen LogP contribution in [0.2, 0.25) is 0 Å². The van der Waals surface area contributed by atoms with E-state index in [0.717, 1.165) is 19.5 Å². The molecule has 0 fully saturated rings. The number of rotatable bonds is 1. The second-order valence-corrected chi connectivity index (χ2v) is 4.24. The summed E-state index contributed by atoms with van der Waals surface area (Å²) in [4.78, 5) is 24.8. The number of hydrogen-bond donors (Lipinski definition) is 1. The molecule has 1 aliphatic rings. The Morgan fingerprint density at radius 2 is 2.33 bits per heavy atom. The van der Waals surface area contributed by atoms with Crippen molar-refractivity contribution in [3.05, 3.63) is 34.5 Å². The van der Waals surface area contributed by atoms with Crippen molar-refractivity contribution >= 4 is 5.95 Å². The van der Waals surface area contributed by atoms with E-state index in [-0.39, 0.29) is 5.56 Å². The SMILES string of the molecule is Cc1c(-c2ccncn2)nc2n(c1=O)CCCN2. The van der Waals surface area contributed by atoms with Gasteiger partial charge < -0.3 is 5.32 Å². The second-order valence-electron chi connectivity index (χ2n) is 4.24. The van der Waals surface area contributed by atoms with E-state index in [0.29, 0.717) is 22.9 Å². The maximum Gasteiger partial charge on any atom is 0.258 e. The zero-order chi connectivity index (χ0) is 12.5. The number of anilines is 1. The minimum atomic E-state index is 0.000752. The third-order valence-electron chi connectivity index (χ3n) is 3.06. The molecular formula is C12H13N5O. The van der Waals surface area contributed by atoms with Crippen LogP contribution in [-0.2, 0) is 6.54 Å². The molecule has 6 nitrogen and oxygen atoms in total. The van der Waals surface area contributed by atoms with Gasteiger partial charge in [-0.25, -0.2) is 15.0 Å². The molecule has 0 saturated heterocycles. The van der Waals surface area contributed by atoms with Crippen molar-refractivity contribution in [1.29, 1.82) is 0 Å². The highest BCUT2D eigenvalue weighted by molar-refractivity contribution is 5.59. The summed E-state index contributed by atoms with van der Waals surface area (Å²) in [7, 11) is 0. The Morgan fingerprint density at radius 1 is 1.44 bits per heavy atom. The highest BCUT2D eigenvalue weighted by atomic mass is 16.1. The van der Waals surface area contributed by atoms with Gasteiger partial charge in [-0.3, -0.25) is 9.36 Å². The Hall–Kier alpha value is -2.24. The lowest BCUT2D eigenvalue weighted by Crippen LogP contribution is -2.32. The molecule has 3 heterocycles. The minimum absolute atomic E-state index is 0.000752. The van der Waals surface area contributed by atoms with Gasteiger partial charge in [0.1, 0.15) is 12.0 Å². The third kappa shape index (κ3) is 1.66. The van der Waals surface area contributed by atoms with E-state index in [9.17, 15) is 4.79 Å². The fraction of sp³-hybridized carbons (Fsp3) is 0.333. The fourth-order valence-electron chi connectivity index (χ4n) is 2.11. The van der Waals surface area contributed by atoms with Crippen molar-refractivity contribution in [3.63, 3.8) is 0 Å². The number of fused-ring (bicyclic) bond motifs is 1. The average molecular weight is 243 g/mol. The molecule has 0 atom stereocenters. The Labute approximate surface area is 104 Å². The third-order valence-corrected chi connectivity index (χ3v) is 3.06. The van der Waals surface area contributed by atoms with E-state index in [1.807, 2.05) is 0 Å². The Morgan fingerprint density at radius 3 is 3.11 bits per heavy atom. The van der Waals surface area contributed by atoms with Crippen LogP contribution in [0.25, 0.3) is 11.4 Å². The first-order chi connectivity index (χ1) is 8.77. The first-order valence-corrected chi connectivity index (χ1v) is 5.89. The van der Waals surface area contributed by atoms with Crippen molar-refractivity contribution in [2.75, 3.05) is 11.9 Å². The standard InChI is InChI=1S/C12H13N5O/c1-8-10(9-3-5-13-7-15-9)16-12-14-4-2-6-17(12)11(8)18/h3,5,7H,2,4,6H2,1H3,(H,14,16). The number of hydrogen-bond acceptors (Lipinski definition) is 5. The molecule has 6 heteroatoms. The predicted octanol–water partition coefficient (Wildman–Crippen LogP) is 0.824. The average Bonchev–Trinajstić information content (AvgIpc) is 2.44. The second kappa shape index (κ2) is 4.21. The van der Waals surface area contributed by atoms with Crippen molar-refractivity contribution in [2.24, 2.45) is 0 Å². The Balaban J connectivity index is 2.23. The summed E-state index contributed by atoms with van der Waals surface area (Å²) in [6.07, 6.45) is 4.05. The molecular weight excluding hydrogens is 230 g/mol. The smallest absolute Gasteiger partial charge is 0.258 e. The van der Waals surface area contributed by atoms with Gasteiger partial charge in [0, 0.05) is 24.8 Å². The van der Waals surface area contributed by atoms with Crippen LogP contribution in [0, 0.1) is 6.92 Å². The Bertz CT molecular complexity index is 635. The van der Waals surface area contributed by atoms with Crippen LogP contribution in [-0.4, -0.2) is 26.1 Å². The number of aromatic nitrogens is 4. The molecule has 0 unspecified atom stereocenters. The maximum absolute atomic E-state index is 12.2. The Kier molecular flexibility index (Phi) is 2.55. The first-order valence-electron chi connectivity index (χ1n) is 5.89. The molecule has 1 N–H and O–H groups in total. The van der Waals surface area contributed by atoms with E-state index < -0.39 is 0 Å². The summed E-state index contributed by atoms with van der Waals surface area (Å²) in [5, 5.41) is 3.15. The van der Waals surface area contributed by atoms with Crippen LogP contribution in [0.3, 0.4) is 0 Å². The van der Waals surface area contributed by atoms with Crippen LogP contribution in [0.5, 0.6) is 0 Å². The van der Waals surface area contributed by atoms with E-state index in [1.165, 1.54) is 6.33 Å². The quantitative estimate of drug-likeness (QED) is 0.803. The highest BCUT2D eigenvalue weighted by Gasteiger charge is 2.17. The monoisotopic (exact) mass is 243 g/mol. The molecule has 0 amide bonds. The van der Waals surface area contributed by atoms with Gasteiger partial charge in [0.15, 0.2) is 0 Å². The van der Waals surface area contributed by atoms with E-state index >= 15 is 0 Å². The zero-order valence-electron chi connectivity index (χ0n) is 10.1. The van der Waals surface area contributed by atoms with Gasteiger partial charge >= 0.3 is 0 Å². The largest absolute Gasteiger partial charge is 0.355 e. The molecule has 18 heavy (non-hydrogen) atoms. The normalized spacial score (nSPS) is 13.8. The lowest BCUT2D eigenvalue weighted by Gasteiger charge is -2.20. The van der Waals surface area contributed by atoms with Gasteiger partial charge in [-0.05, 0) is 19.4 Å². The molecule has 0 spiro atoms. The van der Waals surface area contributed by atoms with E-state index in [4.69, 9.17) is 0 Å². The van der Waals surface area contributed by atoms with Crippen molar-refractivity contribution in [1.82, 2.24) is 19.5 Å². The number of nitrogens with zero attached hydrogens (tertiary/aromatic N) is 4. The van der Waals surface area contributed by atoms with Crippen LogP contribution >= 0.6 is 0 Å². The highest BCUT2D eigenvalue weighted by Crippen LogP contribution is 2.19. The molecule has 3 rings (SSSR count). The molecule has 92 valence electrons. The molecule has 2 aromatic rings. The molecule has 0 saturated carbocycles. The molecule has 0 aromatic carbocycles. The number of nitrogens with one attached hydrogen (secondary N) is 1. The van der Waals surface area contributed by atoms with Gasteiger partial charge in [-0.1, -0.05) is 0 Å². The fourth-order valence-corrected chi connectivity index (χ4v) is 2.11. The summed E-state index contributed by atoms with van der Waals surface area (Å²) in [5.41, 5.74) is 1.93.